The number of phenolic OH excluding ortho intramolecular Hbond substituents is 1. The number of methoxy groups -OCH3 is 1. The van der Waals surface area contributed by atoms with Gasteiger partial charge in [0.15, 0.2) is 11.5 Å². The zero-order chi connectivity index (χ0) is 30.0. The summed E-state index contributed by atoms with van der Waals surface area (Å²) >= 11 is 0. The van der Waals surface area contributed by atoms with Gasteiger partial charge in [-0.2, -0.15) is 0 Å². The highest BCUT2D eigenvalue weighted by Gasteiger charge is 2.67. The topological polar surface area (TPSA) is 104 Å². The number of imide groups is 2. The monoisotopic (exact) mass is 576 g/mol. The molecule has 2 aliphatic carbocycles. The van der Waals surface area contributed by atoms with E-state index in [-0.39, 0.29) is 42.3 Å². The van der Waals surface area contributed by atoms with Gasteiger partial charge in [-0.1, -0.05) is 66.2 Å². The van der Waals surface area contributed by atoms with E-state index in [1.807, 2.05) is 55.5 Å². The molecule has 3 fully saturated rings. The number of ether oxygens (including phenoxy) is 1. The van der Waals surface area contributed by atoms with Crippen LogP contribution in [0.2, 0.25) is 0 Å². The Morgan fingerprint density at radius 2 is 1.58 bits per heavy atom. The van der Waals surface area contributed by atoms with Gasteiger partial charge in [0.1, 0.15) is 0 Å². The van der Waals surface area contributed by atoms with E-state index >= 15 is 0 Å². The van der Waals surface area contributed by atoms with Gasteiger partial charge in [0.25, 0.3) is 0 Å². The number of rotatable bonds is 5. The minimum absolute atomic E-state index is 0.0746. The molecule has 8 heteroatoms. The van der Waals surface area contributed by atoms with Crippen molar-refractivity contribution in [3.05, 3.63) is 102 Å². The van der Waals surface area contributed by atoms with Crippen molar-refractivity contribution in [1.29, 1.82) is 0 Å². The van der Waals surface area contributed by atoms with Crippen LogP contribution >= 0.6 is 0 Å². The first-order valence-corrected chi connectivity index (χ1v) is 14.6. The van der Waals surface area contributed by atoms with Gasteiger partial charge in [-0.3, -0.25) is 24.1 Å². The molecule has 0 bridgehead atoms. The Kier molecular flexibility index (Phi) is 6.27. The molecule has 7 rings (SSSR count). The third kappa shape index (κ3) is 3.89. The number of carbonyl (C=O) groups is 4. The second-order valence-corrected chi connectivity index (χ2v) is 12.2. The lowest BCUT2D eigenvalue weighted by molar-refractivity contribution is -0.141. The van der Waals surface area contributed by atoms with Crippen LogP contribution in [0.4, 0.5) is 5.69 Å². The van der Waals surface area contributed by atoms with E-state index in [2.05, 4.69) is 0 Å². The Hall–Kier alpha value is -4.72. The predicted molar refractivity (Wildman–Crippen MR) is 158 cm³/mol. The highest BCUT2D eigenvalue weighted by molar-refractivity contribution is 6.24. The minimum atomic E-state index is -1.17. The van der Waals surface area contributed by atoms with Crippen LogP contribution in [-0.2, 0) is 25.7 Å². The fourth-order valence-corrected chi connectivity index (χ4v) is 8.09. The first-order valence-electron chi connectivity index (χ1n) is 14.6. The number of fused-ring (bicyclic) bond motifs is 4. The van der Waals surface area contributed by atoms with Crippen LogP contribution < -0.4 is 9.64 Å². The number of hydrogen-bond donors (Lipinski definition) is 1. The third-order valence-corrected chi connectivity index (χ3v) is 10.1. The van der Waals surface area contributed by atoms with E-state index in [4.69, 9.17) is 4.74 Å². The third-order valence-electron chi connectivity index (χ3n) is 10.1. The molecule has 0 spiro atoms. The minimum Gasteiger partial charge on any atom is -0.504 e. The molecule has 218 valence electrons. The van der Waals surface area contributed by atoms with Gasteiger partial charge in [-0.15, -0.1) is 0 Å². The lowest BCUT2D eigenvalue weighted by atomic mass is 9.51. The Labute approximate surface area is 249 Å². The number of nitrogens with zero attached hydrogens (tertiary/aromatic N) is 2. The summed E-state index contributed by atoms with van der Waals surface area (Å²) in [4.78, 5) is 58.9. The molecule has 43 heavy (non-hydrogen) atoms. The van der Waals surface area contributed by atoms with E-state index in [0.29, 0.717) is 23.4 Å². The van der Waals surface area contributed by atoms with Crippen molar-refractivity contribution < 1.29 is 29.0 Å². The molecule has 1 N–H and O–H groups in total. The standard InChI is InChI=1S/C35H32N2O6/c1-35-26(32(40)37(34(35)42)22-11-7-4-8-12-22)18-25-23(30(35)21-13-16-28(43-2)27(38)17-21)14-15-24-29(25)33(41)36(31(24)39)19-20-9-5-3-6-10-20/h3-14,16-17,24-26,29-30,38H,15,18-19H2,1-2H3. The van der Waals surface area contributed by atoms with Crippen LogP contribution in [0.15, 0.2) is 90.5 Å². The van der Waals surface area contributed by atoms with Crippen LogP contribution in [0, 0.1) is 29.1 Å². The summed E-state index contributed by atoms with van der Waals surface area (Å²) in [7, 11) is 1.47. The molecule has 4 aliphatic rings. The number of amides is 4. The molecular weight excluding hydrogens is 544 g/mol. The second kappa shape index (κ2) is 9.93. The smallest absolute Gasteiger partial charge is 0.241 e. The Morgan fingerprint density at radius 1 is 0.884 bits per heavy atom. The molecular formula is C35H32N2O6. The molecule has 0 aromatic heterocycles. The number of benzene rings is 3. The summed E-state index contributed by atoms with van der Waals surface area (Å²) in [5.74, 6) is -3.68. The van der Waals surface area contributed by atoms with Crippen molar-refractivity contribution >= 4 is 29.3 Å². The molecule has 8 nitrogen and oxygen atoms in total. The number of likely N-dealkylation sites (tertiary alicyclic amines) is 1. The van der Waals surface area contributed by atoms with Crippen molar-refractivity contribution in [3.63, 3.8) is 0 Å². The summed E-state index contributed by atoms with van der Waals surface area (Å²) in [5.41, 5.74) is 1.74. The van der Waals surface area contributed by atoms with Gasteiger partial charge in [0, 0.05) is 5.92 Å². The summed E-state index contributed by atoms with van der Waals surface area (Å²) < 4.78 is 5.28. The molecule has 4 amide bonds. The highest BCUT2D eigenvalue weighted by Crippen LogP contribution is 2.63. The number of phenols is 1. The average Bonchev–Trinajstić information content (AvgIpc) is 3.37. The number of aromatic hydroxyl groups is 1. The maximum Gasteiger partial charge on any atom is 0.241 e. The van der Waals surface area contributed by atoms with Gasteiger partial charge in [-0.25, -0.2) is 4.90 Å². The number of anilines is 1. The SMILES string of the molecule is COc1ccc(C2C3=CCC4C(=O)N(Cc5ccccc5)C(=O)C4C3CC3C(=O)N(c4ccccc4)C(=O)C32C)cc1O. The Balaban J connectivity index is 1.34. The zero-order valence-electron chi connectivity index (χ0n) is 24.0. The summed E-state index contributed by atoms with van der Waals surface area (Å²) in [6.07, 6.45) is 2.67. The van der Waals surface area contributed by atoms with Crippen LogP contribution in [0.1, 0.15) is 36.8 Å². The number of para-hydroxylation sites is 1. The van der Waals surface area contributed by atoms with Gasteiger partial charge >= 0.3 is 0 Å². The molecule has 2 aliphatic heterocycles. The molecule has 3 aromatic rings. The van der Waals surface area contributed by atoms with Gasteiger partial charge in [0.2, 0.25) is 23.6 Å². The number of allylic oxidation sites excluding steroid dienone is 2. The van der Waals surface area contributed by atoms with Crippen molar-refractivity contribution in [1.82, 2.24) is 4.90 Å². The van der Waals surface area contributed by atoms with Crippen molar-refractivity contribution in [2.75, 3.05) is 12.0 Å². The maximum atomic E-state index is 14.4. The largest absolute Gasteiger partial charge is 0.504 e. The van der Waals surface area contributed by atoms with Crippen LogP contribution in [0.25, 0.3) is 0 Å². The summed E-state index contributed by atoms with van der Waals surface area (Å²) in [6.45, 7) is 2.03. The molecule has 2 saturated heterocycles. The zero-order valence-corrected chi connectivity index (χ0v) is 24.0. The van der Waals surface area contributed by atoms with E-state index in [1.54, 1.807) is 36.4 Å². The van der Waals surface area contributed by atoms with E-state index in [1.165, 1.54) is 16.9 Å². The second-order valence-electron chi connectivity index (χ2n) is 12.2. The van der Waals surface area contributed by atoms with E-state index in [0.717, 1.165) is 11.1 Å². The van der Waals surface area contributed by atoms with E-state index in [9.17, 15) is 24.3 Å². The summed E-state index contributed by atoms with van der Waals surface area (Å²) in [5, 5.41) is 10.8. The quantitative estimate of drug-likeness (QED) is 0.345. The molecule has 1 saturated carbocycles. The van der Waals surface area contributed by atoms with E-state index < -0.39 is 35.0 Å². The predicted octanol–water partition coefficient (Wildman–Crippen LogP) is 4.83. The lowest BCUT2D eigenvalue weighted by Gasteiger charge is -2.49. The average molecular weight is 577 g/mol. The van der Waals surface area contributed by atoms with Crippen molar-refractivity contribution in [2.24, 2.45) is 29.1 Å². The van der Waals surface area contributed by atoms with Crippen LogP contribution in [0.5, 0.6) is 11.5 Å². The fourth-order valence-electron chi connectivity index (χ4n) is 8.09. The highest BCUT2D eigenvalue weighted by atomic mass is 16.5. The van der Waals surface area contributed by atoms with Crippen molar-refractivity contribution in [2.45, 2.75) is 32.2 Å². The van der Waals surface area contributed by atoms with Crippen LogP contribution in [-0.4, -0.2) is 40.7 Å². The maximum absolute atomic E-state index is 14.4. The van der Waals surface area contributed by atoms with Crippen molar-refractivity contribution in [3.8, 4) is 11.5 Å². The Morgan fingerprint density at radius 3 is 2.26 bits per heavy atom. The Bertz CT molecular complexity index is 1680. The number of hydrogen-bond acceptors (Lipinski definition) is 6. The molecule has 3 aromatic carbocycles. The number of carbonyl (C=O) groups excluding carboxylic acids is 4. The molecule has 2 heterocycles. The van der Waals surface area contributed by atoms with Gasteiger partial charge in [-0.05, 0) is 61.1 Å². The molecule has 0 radical (unpaired) electrons. The normalized spacial score (nSPS) is 29.7. The first-order chi connectivity index (χ1) is 20.8. The fraction of sp³-hybridized carbons (Fsp3) is 0.314. The van der Waals surface area contributed by atoms with Gasteiger partial charge in [0.05, 0.1) is 42.5 Å². The van der Waals surface area contributed by atoms with Gasteiger partial charge < -0.3 is 9.84 Å². The molecule has 6 atom stereocenters. The lowest BCUT2D eigenvalue weighted by Crippen LogP contribution is -2.48. The van der Waals surface area contributed by atoms with Crippen LogP contribution in [0.3, 0.4) is 0 Å². The summed E-state index contributed by atoms with van der Waals surface area (Å²) in [6, 6.07) is 23.4. The molecule has 6 unspecified atom stereocenters. The first kappa shape index (κ1) is 27.1.